The number of anilines is 1. The summed E-state index contributed by atoms with van der Waals surface area (Å²) in [6.07, 6.45) is 4.08. The minimum absolute atomic E-state index is 0.172. The molecule has 2 aliphatic rings. The molecule has 7 nitrogen and oxygen atoms in total. The lowest BCUT2D eigenvalue weighted by Gasteiger charge is -2.17. The van der Waals surface area contributed by atoms with Crippen molar-refractivity contribution in [2.45, 2.75) is 16.7 Å². The van der Waals surface area contributed by atoms with Crippen LogP contribution < -0.4 is 19.7 Å². The number of carboxylic acids is 1. The molecular weight excluding hydrogens is 567 g/mol. The molecule has 2 aliphatic heterocycles. The lowest BCUT2D eigenvalue weighted by molar-refractivity contribution is -0.140. The van der Waals surface area contributed by atoms with Crippen molar-refractivity contribution in [2.24, 2.45) is 7.05 Å². The highest BCUT2D eigenvalue weighted by atomic mass is 32.2. The Morgan fingerprint density at radius 1 is 1.16 bits per heavy atom. The molecule has 0 unspecified atom stereocenters. The van der Waals surface area contributed by atoms with E-state index in [1.54, 1.807) is 30.6 Å². The summed E-state index contributed by atoms with van der Waals surface area (Å²) in [7, 11) is 3.65. The van der Waals surface area contributed by atoms with Crippen molar-refractivity contribution in [1.82, 2.24) is 9.47 Å². The Hall–Kier alpha value is -2.51. The van der Waals surface area contributed by atoms with Gasteiger partial charge in [0.15, 0.2) is 0 Å². The number of fused-ring (bicyclic) bond motifs is 3. The standard InChI is InChI=1S/C25H21N3O4S5/c1-12(9-17-26(2)19-14-8-6-5-7-13(14)15(34-4)10-16(19)35-17)20-22(31)27(3)24(36-20)21-23(32)28(11-18(29)30)25(33)37-21/h5-10H,11H2,1-4H3,(H,29,30)/b17-9-,20-12+,24-21-. The molecule has 0 radical (unpaired) electrons. The van der Waals surface area contributed by atoms with Crippen molar-refractivity contribution in [1.29, 1.82) is 0 Å². The zero-order chi connectivity index (χ0) is 26.6. The van der Waals surface area contributed by atoms with Crippen molar-refractivity contribution in [3.05, 3.63) is 61.0 Å². The van der Waals surface area contributed by atoms with E-state index in [4.69, 9.17) is 17.3 Å². The summed E-state index contributed by atoms with van der Waals surface area (Å²) in [5.74, 6) is -1.64. The minimum atomic E-state index is -1.15. The monoisotopic (exact) mass is 587 g/mol. The van der Waals surface area contributed by atoms with Gasteiger partial charge in [-0.05, 0) is 36.3 Å². The highest BCUT2D eigenvalue weighted by Crippen LogP contribution is 2.51. The molecule has 0 bridgehead atoms. The third-order valence-electron chi connectivity index (χ3n) is 6.08. The number of aliphatic carboxylic acids is 1. The largest absolute Gasteiger partial charge is 0.480 e. The molecule has 190 valence electrons. The zero-order valence-corrected chi connectivity index (χ0v) is 24.3. The van der Waals surface area contributed by atoms with E-state index in [-0.39, 0.29) is 14.8 Å². The second-order valence-electron chi connectivity index (χ2n) is 8.38. The van der Waals surface area contributed by atoms with Crippen molar-refractivity contribution in [2.75, 3.05) is 24.7 Å². The zero-order valence-electron chi connectivity index (χ0n) is 20.2. The van der Waals surface area contributed by atoms with E-state index < -0.39 is 18.4 Å². The van der Waals surface area contributed by atoms with Gasteiger partial charge in [0, 0.05) is 29.3 Å². The highest BCUT2D eigenvalue weighted by molar-refractivity contribution is 8.30. The molecule has 37 heavy (non-hydrogen) atoms. The fourth-order valence-electron chi connectivity index (χ4n) is 4.26. The average molecular weight is 588 g/mol. The van der Waals surface area contributed by atoms with E-state index in [2.05, 4.69) is 29.4 Å². The van der Waals surface area contributed by atoms with E-state index in [0.29, 0.717) is 9.20 Å². The van der Waals surface area contributed by atoms with Crippen LogP contribution in [0.15, 0.2) is 56.0 Å². The Balaban J connectivity index is 1.61. The van der Waals surface area contributed by atoms with Crippen molar-refractivity contribution < 1.29 is 14.7 Å². The second-order valence-corrected chi connectivity index (χ2v) is 12.9. The minimum Gasteiger partial charge on any atom is -0.480 e. The number of carbonyl (C=O) groups excluding carboxylic acids is 1. The van der Waals surface area contributed by atoms with Gasteiger partial charge in [-0.25, -0.2) is 0 Å². The molecule has 2 aromatic carbocycles. The van der Waals surface area contributed by atoms with E-state index in [9.17, 15) is 14.4 Å². The quantitative estimate of drug-likeness (QED) is 0.364. The first-order chi connectivity index (χ1) is 17.6. The van der Waals surface area contributed by atoms with Crippen LogP contribution in [-0.2, 0) is 16.6 Å². The number of hydrogen-bond donors (Lipinski definition) is 1. The molecular formula is C25H21N3O4S5. The third-order valence-corrected chi connectivity index (χ3v) is 10.9. The number of nitrogens with zero attached hydrogens (tertiary/aromatic N) is 3. The average Bonchev–Trinajstić information content (AvgIpc) is 3.44. The molecule has 3 heterocycles. The van der Waals surface area contributed by atoms with Gasteiger partial charge < -0.3 is 14.6 Å². The van der Waals surface area contributed by atoms with Gasteiger partial charge in [-0.3, -0.25) is 19.3 Å². The second kappa shape index (κ2) is 9.99. The highest BCUT2D eigenvalue weighted by Gasteiger charge is 2.35. The van der Waals surface area contributed by atoms with Gasteiger partial charge in [-0.2, -0.15) is 0 Å². The first-order valence-corrected chi connectivity index (χ1v) is 15.1. The predicted molar refractivity (Wildman–Crippen MR) is 159 cm³/mol. The number of carbonyl (C=O) groups is 2. The Morgan fingerprint density at radius 3 is 2.54 bits per heavy atom. The summed E-state index contributed by atoms with van der Waals surface area (Å²) < 4.78 is 2.60. The van der Waals surface area contributed by atoms with Gasteiger partial charge in [0.05, 0.1) is 15.2 Å². The Kier molecular flexibility index (Phi) is 7.05. The molecule has 1 fully saturated rings. The number of allylic oxidation sites excluding steroid dienone is 1. The number of amides is 1. The van der Waals surface area contributed by atoms with E-state index in [1.807, 2.05) is 32.2 Å². The molecule has 1 N–H and O–H groups in total. The van der Waals surface area contributed by atoms with E-state index in [0.717, 1.165) is 33.0 Å². The van der Waals surface area contributed by atoms with Gasteiger partial charge in [0.1, 0.15) is 20.4 Å². The summed E-state index contributed by atoms with van der Waals surface area (Å²) in [6, 6.07) is 10.6. The Morgan fingerprint density at radius 2 is 1.86 bits per heavy atom. The third kappa shape index (κ3) is 4.44. The Labute approximate surface area is 234 Å². The van der Waals surface area contributed by atoms with Gasteiger partial charge in [0.2, 0.25) is 0 Å². The number of hydrogen-bond acceptors (Lipinski definition) is 9. The number of carboxylic acid groups (broad SMARTS) is 1. The summed E-state index contributed by atoms with van der Waals surface area (Å²) >= 11 is 10.9. The first kappa shape index (κ1) is 26.1. The van der Waals surface area contributed by atoms with E-state index in [1.165, 1.54) is 36.5 Å². The molecule has 1 saturated heterocycles. The maximum atomic E-state index is 13.2. The van der Waals surface area contributed by atoms with Crippen LogP contribution in [0, 0.1) is 0 Å². The SMILES string of the molecule is CSc1cc2c(c3ccccc13)N(C)/C(=C/C(C)=c1/s/c(=C3\SC(=S)N(CC(=O)O)C3=O)n(C)c1=O)S2. The molecule has 12 heteroatoms. The topological polar surface area (TPSA) is 82.8 Å². The van der Waals surface area contributed by atoms with Crippen molar-refractivity contribution in [3.8, 4) is 0 Å². The van der Waals surface area contributed by atoms with Crippen LogP contribution in [-0.4, -0.2) is 50.6 Å². The first-order valence-electron chi connectivity index (χ1n) is 11.0. The lowest BCUT2D eigenvalue weighted by Crippen LogP contribution is -2.35. The smallest absolute Gasteiger partial charge is 0.323 e. The normalized spacial score (nSPS) is 18.9. The van der Waals surface area contributed by atoms with Gasteiger partial charge in [-0.15, -0.1) is 23.1 Å². The lowest BCUT2D eigenvalue weighted by atomic mass is 10.1. The van der Waals surface area contributed by atoms with Gasteiger partial charge in [-0.1, -0.05) is 60.0 Å². The molecule has 0 aliphatic carbocycles. The fourth-order valence-corrected chi connectivity index (χ4v) is 8.72. The summed E-state index contributed by atoms with van der Waals surface area (Å²) in [5, 5.41) is 12.5. The van der Waals surface area contributed by atoms with Crippen LogP contribution in [0.2, 0.25) is 0 Å². The van der Waals surface area contributed by atoms with Crippen LogP contribution in [0.25, 0.3) is 21.3 Å². The van der Waals surface area contributed by atoms with E-state index >= 15 is 0 Å². The van der Waals surface area contributed by atoms with Crippen LogP contribution in [0.1, 0.15) is 6.92 Å². The number of aromatic nitrogens is 1. The fraction of sp³-hybridized carbons (Fsp3) is 0.200. The molecule has 1 aromatic heterocycles. The maximum absolute atomic E-state index is 13.2. The molecule has 0 saturated carbocycles. The number of thiocarbonyl (C=S) groups is 1. The van der Waals surface area contributed by atoms with Gasteiger partial charge >= 0.3 is 5.97 Å². The van der Waals surface area contributed by atoms with Crippen molar-refractivity contribution >= 4 is 102 Å². The molecule has 3 aromatic rings. The number of benzene rings is 2. The summed E-state index contributed by atoms with van der Waals surface area (Å²) in [6.45, 7) is 1.39. The van der Waals surface area contributed by atoms with Gasteiger partial charge in [0.25, 0.3) is 11.5 Å². The molecule has 5 rings (SSSR count). The van der Waals surface area contributed by atoms with Crippen LogP contribution in [0.3, 0.4) is 0 Å². The molecule has 0 atom stereocenters. The number of thioether (sulfide) groups is 3. The number of thiazole rings is 1. The summed E-state index contributed by atoms with van der Waals surface area (Å²) in [4.78, 5) is 43.1. The van der Waals surface area contributed by atoms with Crippen LogP contribution in [0.4, 0.5) is 5.69 Å². The molecule has 0 spiro atoms. The Bertz CT molecular complexity index is 1740. The van der Waals surface area contributed by atoms with Crippen LogP contribution in [0.5, 0.6) is 0 Å². The maximum Gasteiger partial charge on any atom is 0.323 e. The van der Waals surface area contributed by atoms with Crippen LogP contribution >= 0.6 is 58.8 Å². The predicted octanol–water partition coefficient (Wildman–Crippen LogP) is 3.63. The summed E-state index contributed by atoms with van der Waals surface area (Å²) in [5.41, 5.74) is 1.72. The number of rotatable bonds is 4. The molecule has 1 amide bonds. The van der Waals surface area contributed by atoms with Crippen molar-refractivity contribution in [3.63, 3.8) is 0 Å².